The summed E-state index contributed by atoms with van der Waals surface area (Å²) >= 11 is 0. The molecule has 0 spiro atoms. The third-order valence-electron chi connectivity index (χ3n) is 0.348. The molecular formula is C4H8NOSc-. The fourth-order valence-electron chi connectivity index (χ4n) is 0.203. The summed E-state index contributed by atoms with van der Waals surface area (Å²) in [5.41, 5.74) is 0. The molecule has 0 aromatic heterocycles. The van der Waals surface area contributed by atoms with Gasteiger partial charge in [0.2, 0.25) is 0 Å². The Hall–Kier alpha value is 0.370. The van der Waals surface area contributed by atoms with Crippen LogP contribution in [0.4, 0.5) is 0 Å². The number of carbonyl (C=O) groups is 1. The Morgan fingerprint density at radius 1 is 1.71 bits per heavy atom. The molecule has 3 heteroatoms. The summed E-state index contributed by atoms with van der Waals surface area (Å²) in [7, 11) is 1.70. The van der Waals surface area contributed by atoms with Crippen molar-refractivity contribution >= 4 is 5.78 Å². The molecule has 0 saturated heterocycles. The van der Waals surface area contributed by atoms with Crippen LogP contribution in [0.15, 0.2) is 0 Å². The zero-order valence-corrected chi connectivity index (χ0v) is 6.37. The van der Waals surface area contributed by atoms with Crippen molar-refractivity contribution in [2.75, 3.05) is 7.05 Å². The van der Waals surface area contributed by atoms with Crippen molar-refractivity contribution in [1.29, 1.82) is 0 Å². The van der Waals surface area contributed by atoms with Gasteiger partial charge in [-0.1, -0.05) is 0 Å². The summed E-state index contributed by atoms with van der Waals surface area (Å²) in [4.78, 5) is 9.93. The number of carbonyl (C=O) groups excluding carboxylic acids is 1. The van der Waals surface area contributed by atoms with Crippen molar-refractivity contribution in [2.24, 2.45) is 0 Å². The van der Waals surface area contributed by atoms with Gasteiger partial charge in [0.15, 0.2) is 0 Å². The standard InChI is InChI=1S/C4H8NO.Sc/c1-4(6)3-5-2;/h3,5H,1-2H3;/q-1;. The topological polar surface area (TPSA) is 29.1 Å². The van der Waals surface area contributed by atoms with E-state index in [9.17, 15) is 4.79 Å². The number of ketones is 1. The maximum Gasteiger partial charge on any atom is 0.00841 e. The van der Waals surface area contributed by atoms with Crippen LogP contribution in [-0.4, -0.2) is 12.8 Å². The van der Waals surface area contributed by atoms with Gasteiger partial charge in [0, 0.05) is 31.6 Å². The maximum atomic E-state index is 9.93. The normalized spacial score (nSPS) is 6.57. The van der Waals surface area contributed by atoms with E-state index >= 15 is 0 Å². The van der Waals surface area contributed by atoms with Crippen LogP contribution in [0.5, 0.6) is 0 Å². The van der Waals surface area contributed by atoms with E-state index in [1.54, 1.807) is 7.05 Å². The Morgan fingerprint density at radius 2 is 2.14 bits per heavy atom. The van der Waals surface area contributed by atoms with E-state index in [4.69, 9.17) is 0 Å². The first-order chi connectivity index (χ1) is 2.77. The third-order valence-corrected chi connectivity index (χ3v) is 0.348. The van der Waals surface area contributed by atoms with Gasteiger partial charge in [0.05, 0.1) is 0 Å². The molecule has 2 nitrogen and oxygen atoms in total. The summed E-state index contributed by atoms with van der Waals surface area (Å²) in [6, 6.07) is 0. The summed E-state index contributed by atoms with van der Waals surface area (Å²) < 4.78 is 0. The predicted molar refractivity (Wildman–Crippen MR) is 24.0 cm³/mol. The largest absolute Gasteiger partial charge is 0.450 e. The van der Waals surface area contributed by atoms with Crippen LogP contribution in [-0.2, 0) is 30.6 Å². The second kappa shape index (κ2) is 6.37. The molecule has 0 amide bonds. The molecule has 0 atom stereocenters. The Balaban J connectivity index is 0. The van der Waals surface area contributed by atoms with Crippen molar-refractivity contribution in [2.45, 2.75) is 6.92 Å². The van der Waals surface area contributed by atoms with Gasteiger partial charge in [-0.2, -0.15) is 0 Å². The van der Waals surface area contributed by atoms with Gasteiger partial charge >= 0.3 is 0 Å². The second-order valence-corrected chi connectivity index (χ2v) is 1.04. The summed E-state index contributed by atoms with van der Waals surface area (Å²) in [5, 5.41) is 2.59. The SMILES string of the molecule is CN[CH-]C(C)=O.[Sc]. The van der Waals surface area contributed by atoms with Gasteiger partial charge in [-0.05, 0) is 14.0 Å². The molecule has 39 valence electrons. The molecule has 0 rings (SSSR count). The van der Waals surface area contributed by atoms with Crippen LogP contribution in [0.25, 0.3) is 0 Å². The molecular weight excluding hydrogens is 123 g/mol. The van der Waals surface area contributed by atoms with Gasteiger partial charge < -0.3 is 10.1 Å². The first kappa shape index (κ1) is 10.4. The van der Waals surface area contributed by atoms with Gasteiger partial charge in [0.1, 0.15) is 0 Å². The molecule has 0 aliphatic carbocycles. The van der Waals surface area contributed by atoms with Crippen LogP contribution in [0.1, 0.15) is 6.92 Å². The van der Waals surface area contributed by atoms with Crippen molar-refractivity contribution in [3.63, 3.8) is 0 Å². The van der Waals surface area contributed by atoms with Gasteiger partial charge in [0.25, 0.3) is 0 Å². The van der Waals surface area contributed by atoms with E-state index in [1.807, 2.05) is 0 Å². The number of Topliss-reactive ketones (excluding diaryl/α,β-unsaturated/α-hetero) is 1. The monoisotopic (exact) mass is 131 g/mol. The van der Waals surface area contributed by atoms with Gasteiger partial charge in [-0.25, -0.2) is 0 Å². The zero-order valence-electron chi connectivity index (χ0n) is 4.56. The second-order valence-electron chi connectivity index (χ2n) is 1.04. The van der Waals surface area contributed by atoms with Crippen LogP contribution < -0.4 is 5.32 Å². The van der Waals surface area contributed by atoms with Crippen molar-refractivity contribution in [3.05, 3.63) is 6.54 Å². The summed E-state index contributed by atoms with van der Waals surface area (Å²) in [6.45, 7) is 2.90. The number of hydrogen-bond acceptors (Lipinski definition) is 2. The van der Waals surface area contributed by atoms with Crippen molar-refractivity contribution in [3.8, 4) is 0 Å². The Bertz CT molecular complexity index is 55.7. The van der Waals surface area contributed by atoms with Crippen LogP contribution in [0.2, 0.25) is 0 Å². The fourth-order valence-corrected chi connectivity index (χ4v) is 0.203. The smallest absolute Gasteiger partial charge is 0.00841 e. The molecule has 0 unspecified atom stereocenters. The number of likely N-dealkylation sites (N-methyl/N-ethyl adjacent to an activating group) is 1. The van der Waals surface area contributed by atoms with Crippen LogP contribution >= 0.6 is 0 Å². The Kier molecular flexibility index (Phi) is 9.44. The predicted octanol–water partition coefficient (Wildman–Crippen LogP) is -0.0459. The maximum absolute atomic E-state index is 9.93. The van der Waals surface area contributed by atoms with E-state index in [-0.39, 0.29) is 31.6 Å². The molecule has 0 aromatic rings. The Morgan fingerprint density at radius 3 is 2.14 bits per heavy atom. The first-order valence-corrected chi connectivity index (χ1v) is 1.78. The molecule has 0 saturated carbocycles. The Labute approximate surface area is 62.5 Å². The third kappa shape index (κ3) is 10.7. The number of nitrogens with one attached hydrogen (secondary N) is 1. The van der Waals surface area contributed by atoms with E-state index < -0.39 is 0 Å². The first-order valence-electron chi connectivity index (χ1n) is 1.78. The van der Waals surface area contributed by atoms with E-state index in [0.29, 0.717) is 0 Å². The fraction of sp³-hybridized carbons (Fsp3) is 0.500. The average Bonchev–Trinajstić information content (AvgIpc) is 1.35. The minimum Gasteiger partial charge on any atom is -0.450 e. The van der Waals surface area contributed by atoms with E-state index in [2.05, 4.69) is 5.32 Å². The quantitative estimate of drug-likeness (QED) is 0.532. The van der Waals surface area contributed by atoms with Crippen molar-refractivity contribution < 1.29 is 30.6 Å². The molecule has 1 N–H and O–H groups in total. The molecule has 1 radical (unpaired) electrons. The van der Waals surface area contributed by atoms with E-state index in [0.717, 1.165) is 0 Å². The number of hydrogen-bond donors (Lipinski definition) is 1. The van der Waals surface area contributed by atoms with Crippen molar-refractivity contribution in [1.82, 2.24) is 5.32 Å². The minimum atomic E-state index is 0. The molecule has 0 aliphatic rings. The van der Waals surface area contributed by atoms with Gasteiger partial charge in [-0.3, -0.25) is 6.54 Å². The number of rotatable bonds is 2. The molecule has 0 aliphatic heterocycles. The molecule has 0 aromatic carbocycles. The molecule has 0 fully saturated rings. The minimum absolute atomic E-state index is 0. The van der Waals surface area contributed by atoms with Crippen LogP contribution in [0, 0.1) is 6.54 Å². The van der Waals surface area contributed by atoms with E-state index in [1.165, 1.54) is 13.5 Å². The zero-order chi connectivity index (χ0) is 4.99. The molecule has 7 heavy (non-hydrogen) atoms. The average molecular weight is 131 g/mol. The molecule has 0 heterocycles. The summed E-state index contributed by atoms with van der Waals surface area (Å²) in [5.74, 6) is 0.0532. The molecule has 0 bridgehead atoms. The van der Waals surface area contributed by atoms with Crippen LogP contribution in [0.3, 0.4) is 0 Å². The summed E-state index contributed by atoms with van der Waals surface area (Å²) in [6.07, 6.45) is 0. The van der Waals surface area contributed by atoms with Gasteiger partial charge in [-0.15, -0.1) is 0 Å².